The quantitative estimate of drug-likeness (QED) is 0.821. The van der Waals surface area contributed by atoms with Gasteiger partial charge in [0.15, 0.2) is 0 Å². The summed E-state index contributed by atoms with van der Waals surface area (Å²) in [5, 5.41) is 8.75. The van der Waals surface area contributed by atoms with Crippen molar-refractivity contribution < 1.29 is 19.5 Å². The molecule has 0 heterocycles. The maximum absolute atomic E-state index is 10.6. The Kier molecular flexibility index (Phi) is 3.97. The van der Waals surface area contributed by atoms with E-state index in [1.807, 2.05) is 25.1 Å². The summed E-state index contributed by atoms with van der Waals surface area (Å²) in [5.74, 6) is -0.536. The van der Waals surface area contributed by atoms with Crippen LogP contribution >= 0.6 is 0 Å². The third-order valence-corrected chi connectivity index (χ3v) is 2.58. The first kappa shape index (κ1) is 12.1. The van der Waals surface area contributed by atoms with Crippen LogP contribution in [0.25, 0.3) is 0 Å². The highest BCUT2D eigenvalue weighted by Gasteiger charge is 2.43. The second-order valence-corrected chi connectivity index (χ2v) is 3.78. The van der Waals surface area contributed by atoms with E-state index in [0.29, 0.717) is 0 Å². The lowest BCUT2D eigenvalue weighted by atomic mass is 10.1. The molecule has 0 unspecified atom stereocenters. The van der Waals surface area contributed by atoms with Gasteiger partial charge in [0.1, 0.15) is 0 Å². The zero-order valence-corrected chi connectivity index (χ0v) is 8.84. The van der Waals surface area contributed by atoms with Crippen LogP contribution < -0.4 is 0 Å². The van der Waals surface area contributed by atoms with Crippen LogP contribution in [0.5, 0.6) is 0 Å². The molecule has 0 bridgehead atoms. The molecule has 0 amide bonds. The van der Waals surface area contributed by atoms with Crippen molar-refractivity contribution in [3.05, 3.63) is 35.4 Å². The van der Waals surface area contributed by atoms with Gasteiger partial charge in [0.2, 0.25) is 0 Å². The lowest BCUT2D eigenvalue weighted by molar-refractivity contribution is -0.191. The monoisotopic (exact) mass is 220 g/mol. The van der Waals surface area contributed by atoms with Crippen LogP contribution in [0.1, 0.15) is 23.5 Å². The molecule has 4 heteroatoms. The lowest BCUT2D eigenvalue weighted by Gasteiger charge is -1.99. The summed E-state index contributed by atoms with van der Waals surface area (Å²) in [6.07, 6.45) is 1.05. The van der Waals surface area contributed by atoms with Crippen LogP contribution in [0.15, 0.2) is 24.3 Å². The molecular formula is C12H12O4. The Morgan fingerprint density at radius 2 is 2.06 bits per heavy atom. The number of benzene rings is 1. The van der Waals surface area contributed by atoms with Crippen molar-refractivity contribution in [3.8, 4) is 0 Å². The highest BCUT2D eigenvalue weighted by atomic mass is 16.4. The van der Waals surface area contributed by atoms with E-state index in [4.69, 9.17) is 14.7 Å². The molecule has 1 aliphatic carbocycles. The minimum Gasteiger partial charge on any atom is -0.481 e. The molecule has 0 aromatic heterocycles. The number of carbonyl (C=O) groups is 1. The molecule has 1 saturated carbocycles. The third kappa shape index (κ3) is 3.04. The Bertz CT molecular complexity index is 419. The Labute approximate surface area is 92.9 Å². The number of hydrogen-bond donors (Lipinski definition) is 1. The summed E-state index contributed by atoms with van der Waals surface area (Å²) in [4.78, 5) is 26.9. The summed E-state index contributed by atoms with van der Waals surface area (Å²) in [6.45, 7) is 2.03. The second-order valence-electron chi connectivity index (χ2n) is 3.78. The molecule has 16 heavy (non-hydrogen) atoms. The van der Waals surface area contributed by atoms with Gasteiger partial charge in [-0.1, -0.05) is 29.8 Å². The molecular weight excluding hydrogens is 208 g/mol. The van der Waals surface area contributed by atoms with Gasteiger partial charge < -0.3 is 5.11 Å². The average molecular weight is 220 g/mol. The van der Waals surface area contributed by atoms with Gasteiger partial charge in [0.05, 0.1) is 5.92 Å². The van der Waals surface area contributed by atoms with Gasteiger partial charge in [0, 0.05) is 0 Å². The van der Waals surface area contributed by atoms with Crippen LogP contribution in [-0.4, -0.2) is 17.2 Å². The fourth-order valence-corrected chi connectivity index (χ4v) is 1.74. The fourth-order valence-electron chi connectivity index (χ4n) is 1.74. The van der Waals surface area contributed by atoms with Crippen molar-refractivity contribution in [2.75, 3.05) is 0 Å². The van der Waals surface area contributed by atoms with Crippen molar-refractivity contribution in [2.45, 2.75) is 19.3 Å². The topological polar surface area (TPSA) is 71.4 Å². The van der Waals surface area contributed by atoms with E-state index in [1.54, 1.807) is 0 Å². The third-order valence-electron chi connectivity index (χ3n) is 2.58. The first-order valence-electron chi connectivity index (χ1n) is 4.88. The zero-order chi connectivity index (χ0) is 12.1. The number of hydrogen-bond acceptors (Lipinski definition) is 3. The average Bonchev–Trinajstić information content (AvgIpc) is 2.98. The molecule has 4 nitrogen and oxygen atoms in total. The smallest absolute Gasteiger partial charge is 0.373 e. The SMILES string of the molecule is Cc1cccc([C@H]2C[C@H]2C(=O)O)c1.O=C=O. The van der Waals surface area contributed by atoms with Crippen LogP contribution in [-0.2, 0) is 14.4 Å². The Morgan fingerprint density at radius 1 is 1.44 bits per heavy atom. The number of rotatable bonds is 2. The number of aliphatic carboxylic acids is 1. The Hall–Kier alpha value is -1.93. The maximum atomic E-state index is 10.6. The van der Waals surface area contributed by atoms with Gasteiger partial charge in [-0.05, 0) is 24.8 Å². The van der Waals surface area contributed by atoms with E-state index in [-0.39, 0.29) is 18.0 Å². The van der Waals surface area contributed by atoms with E-state index in [0.717, 1.165) is 6.42 Å². The number of carboxylic acids is 1. The van der Waals surface area contributed by atoms with E-state index in [1.165, 1.54) is 11.1 Å². The molecule has 1 fully saturated rings. The van der Waals surface area contributed by atoms with Gasteiger partial charge in [-0.3, -0.25) is 4.79 Å². The Morgan fingerprint density at radius 3 is 2.50 bits per heavy atom. The van der Waals surface area contributed by atoms with Crippen LogP contribution in [0.3, 0.4) is 0 Å². The van der Waals surface area contributed by atoms with Gasteiger partial charge in [-0.25, -0.2) is 0 Å². The molecule has 84 valence electrons. The van der Waals surface area contributed by atoms with E-state index in [2.05, 4.69) is 6.07 Å². The molecule has 1 N–H and O–H groups in total. The number of carbonyl (C=O) groups excluding carboxylic acids is 2. The predicted octanol–water partition coefficient (Wildman–Crippen LogP) is 1.60. The number of aryl methyl sites for hydroxylation is 1. The largest absolute Gasteiger partial charge is 0.481 e. The highest BCUT2D eigenvalue weighted by Crippen LogP contribution is 2.47. The van der Waals surface area contributed by atoms with Crippen LogP contribution in [0.4, 0.5) is 0 Å². The molecule has 1 aliphatic rings. The van der Waals surface area contributed by atoms with E-state index < -0.39 is 5.97 Å². The van der Waals surface area contributed by atoms with Crippen molar-refractivity contribution in [2.24, 2.45) is 5.92 Å². The first-order chi connectivity index (χ1) is 7.60. The molecule has 1 aromatic carbocycles. The summed E-state index contributed by atoms with van der Waals surface area (Å²) in [5.41, 5.74) is 2.38. The van der Waals surface area contributed by atoms with Crippen molar-refractivity contribution in [1.82, 2.24) is 0 Å². The molecule has 0 spiro atoms. The van der Waals surface area contributed by atoms with Crippen LogP contribution in [0.2, 0.25) is 0 Å². The molecule has 0 radical (unpaired) electrons. The minimum atomic E-state index is -0.661. The molecule has 1 aromatic rings. The Balaban J connectivity index is 0.000000386. The normalized spacial score (nSPS) is 21.3. The maximum Gasteiger partial charge on any atom is 0.373 e. The summed E-state index contributed by atoms with van der Waals surface area (Å²) in [6, 6.07) is 8.11. The first-order valence-corrected chi connectivity index (χ1v) is 4.88. The molecule has 0 aliphatic heterocycles. The van der Waals surface area contributed by atoms with Crippen molar-refractivity contribution >= 4 is 12.1 Å². The van der Waals surface area contributed by atoms with Crippen LogP contribution in [0, 0.1) is 12.8 Å². The van der Waals surface area contributed by atoms with Crippen molar-refractivity contribution in [3.63, 3.8) is 0 Å². The highest BCUT2D eigenvalue weighted by molar-refractivity contribution is 5.75. The molecule has 0 saturated heterocycles. The van der Waals surface area contributed by atoms with Gasteiger partial charge in [0.25, 0.3) is 0 Å². The summed E-state index contributed by atoms with van der Waals surface area (Å²) in [7, 11) is 0. The summed E-state index contributed by atoms with van der Waals surface area (Å²) >= 11 is 0. The zero-order valence-electron chi connectivity index (χ0n) is 8.84. The second kappa shape index (κ2) is 5.24. The van der Waals surface area contributed by atoms with Gasteiger partial charge >= 0.3 is 12.1 Å². The number of carboxylic acid groups (broad SMARTS) is 1. The lowest BCUT2D eigenvalue weighted by Crippen LogP contribution is -1.98. The molecule has 2 atom stereocenters. The van der Waals surface area contributed by atoms with Gasteiger partial charge in [-0.15, -0.1) is 0 Å². The standard InChI is InChI=1S/C11H12O2.CO2/c1-7-3-2-4-8(5-7)9-6-10(9)11(12)13;2-1-3/h2-5,9-10H,6H2,1H3,(H,12,13);/t9-,10-;/m1./s1. The molecule has 2 rings (SSSR count). The summed E-state index contributed by atoms with van der Waals surface area (Å²) < 4.78 is 0. The van der Waals surface area contributed by atoms with E-state index in [9.17, 15) is 4.79 Å². The minimum absolute atomic E-state index is 0.137. The van der Waals surface area contributed by atoms with Gasteiger partial charge in [-0.2, -0.15) is 9.59 Å². The van der Waals surface area contributed by atoms with E-state index >= 15 is 0 Å². The van der Waals surface area contributed by atoms with Crippen molar-refractivity contribution in [1.29, 1.82) is 0 Å². The predicted molar refractivity (Wildman–Crippen MR) is 54.7 cm³/mol. The fraction of sp³-hybridized carbons (Fsp3) is 0.333.